The van der Waals surface area contributed by atoms with Crippen LogP contribution < -0.4 is 0 Å². The highest BCUT2D eigenvalue weighted by atomic mass is 19.4. The number of hydrogen-bond donors (Lipinski definition) is 0. The number of carbonyl (C=O) groups is 1. The number of carbonyl (C=O) groups excluding carboxylic acids is 1. The molecule has 1 aromatic carbocycles. The number of esters is 1. The summed E-state index contributed by atoms with van der Waals surface area (Å²) in [6.07, 6.45) is -3.95. The van der Waals surface area contributed by atoms with Crippen LogP contribution in [0.5, 0.6) is 0 Å². The van der Waals surface area contributed by atoms with Gasteiger partial charge in [-0.25, -0.2) is 4.79 Å². The van der Waals surface area contributed by atoms with Gasteiger partial charge in [0.1, 0.15) is 6.61 Å². The third kappa shape index (κ3) is 8.30. The molecule has 0 unspecified atom stereocenters. The summed E-state index contributed by atoms with van der Waals surface area (Å²) in [5.41, 5.74) is 0.430. The number of benzene rings is 1. The number of alkyl halides is 3. The molecular formula is C16H18F3NO5. The smallest absolute Gasteiger partial charge is 0.411 e. The molecule has 0 bridgehead atoms. The van der Waals surface area contributed by atoms with Crippen LogP contribution in [0.25, 0.3) is 0 Å². The minimum Gasteiger partial charge on any atom is -0.463 e. The molecule has 0 saturated heterocycles. The monoisotopic (exact) mass is 361 g/mol. The maximum atomic E-state index is 12.5. The van der Waals surface area contributed by atoms with Gasteiger partial charge in [0.25, 0.3) is 0 Å². The van der Waals surface area contributed by atoms with Crippen molar-refractivity contribution >= 4 is 5.97 Å². The van der Waals surface area contributed by atoms with E-state index in [2.05, 4.69) is 4.74 Å². The average molecular weight is 361 g/mol. The lowest BCUT2D eigenvalue weighted by molar-refractivity contribution is -0.485. The van der Waals surface area contributed by atoms with Crippen LogP contribution in [0.3, 0.4) is 0 Å². The van der Waals surface area contributed by atoms with Crippen molar-refractivity contribution in [1.29, 1.82) is 0 Å². The number of hydrogen-bond acceptors (Lipinski definition) is 5. The number of ether oxygens (including phenoxy) is 2. The van der Waals surface area contributed by atoms with Crippen molar-refractivity contribution in [3.8, 4) is 0 Å². The molecule has 2 atom stereocenters. The first-order valence-electron chi connectivity index (χ1n) is 7.43. The Balaban J connectivity index is 3.09. The lowest BCUT2D eigenvalue weighted by Crippen LogP contribution is -2.30. The van der Waals surface area contributed by atoms with Gasteiger partial charge in [0.05, 0.1) is 18.6 Å². The van der Waals surface area contributed by atoms with Crippen molar-refractivity contribution in [2.45, 2.75) is 25.1 Å². The van der Waals surface area contributed by atoms with E-state index in [0.29, 0.717) is 5.56 Å². The Morgan fingerprint density at radius 1 is 1.32 bits per heavy atom. The molecule has 0 amide bonds. The van der Waals surface area contributed by atoms with Crippen LogP contribution >= 0.6 is 0 Å². The van der Waals surface area contributed by atoms with Gasteiger partial charge in [-0.2, -0.15) is 13.2 Å². The van der Waals surface area contributed by atoms with Gasteiger partial charge in [-0.1, -0.05) is 30.3 Å². The normalized spacial score (nSPS) is 14.2. The van der Waals surface area contributed by atoms with Crippen LogP contribution in [-0.4, -0.2) is 42.9 Å². The summed E-state index contributed by atoms with van der Waals surface area (Å²) < 4.78 is 47.0. The summed E-state index contributed by atoms with van der Waals surface area (Å²) in [5.74, 6) is -1.76. The summed E-state index contributed by atoms with van der Waals surface area (Å²) >= 11 is 0. The molecule has 0 heterocycles. The van der Waals surface area contributed by atoms with Gasteiger partial charge < -0.3 is 9.47 Å². The lowest BCUT2D eigenvalue weighted by atomic mass is 9.93. The fourth-order valence-corrected chi connectivity index (χ4v) is 2.12. The Bertz CT molecular complexity index is 589. The first kappa shape index (κ1) is 20.6. The van der Waals surface area contributed by atoms with Gasteiger partial charge in [0.15, 0.2) is 0 Å². The van der Waals surface area contributed by atoms with Gasteiger partial charge in [-0.05, 0) is 18.6 Å². The number of nitrogens with zero attached hydrogens (tertiary/aromatic N) is 1. The van der Waals surface area contributed by atoms with Crippen LogP contribution in [-0.2, 0) is 14.3 Å². The van der Waals surface area contributed by atoms with Gasteiger partial charge in [-0.15, -0.1) is 0 Å². The quantitative estimate of drug-likeness (QED) is 0.292. The third-order valence-corrected chi connectivity index (χ3v) is 3.12. The van der Waals surface area contributed by atoms with E-state index in [1.807, 2.05) is 0 Å². The summed E-state index contributed by atoms with van der Waals surface area (Å²) in [7, 11) is 0. The predicted molar refractivity (Wildman–Crippen MR) is 82.6 cm³/mol. The third-order valence-electron chi connectivity index (χ3n) is 3.12. The van der Waals surface area contributed by atoms with Gasteiger partial charge >= 0.3 is 12.1 Å². The van der Waals surface area contributed by atoms with Crippen LogP contribution in [0.15, 0.2) is 42.5 Å². The summed E-state index contributed by atoms with van der Waals surface area (Å²) in [6.45, 7) is -0.581. The summed E-state index contributed by atoms with van der Waals surface area (Å²) in [5, 5.41) is 10.9. The SMILES string of the molecule is CCOC(=O)/C=C/[C@H](OCC(F)(F)F)[C@H](C[N+](=O)[O-])c1ccccc1. The molecule has 1 rings (SSSR count). The van der Waals surface area contributed by atoms with Crippen molar-refractivity contribution < 1.29 is 32.4 Å². The molecule has 0 N–H and O–H groups in total. The summed E-state index contributed by atoms with van der Waals surface area (Å²) in [4.78, 5) is 21.7. The molecule has 0 radical (unpaired) electrons. The van der Waals surface area contributed by atoms with Gasteiger partial charge in [0, 0.05) is 11.0 Å². The van der Waals surface area contributed by atoms with E-state index in [4.69, 9.17) is 4.74 Å². The van der Waals surface area contributed by atoms with E-state index in [1.54, 1.807) is 37.3 Å². The van der Waals surface area contributed by atoms with E-state index in [9.17, 15) is 28.1 Å². The second-order valence-electron chi connectivity index (χ2n) is 5.03. The minimum absolute atomic E-state index is 0.0915. The fraction of sp³-hybridized carbons (Fsp3) is 0.438. The van der Waals surface area contributed by atoms with Crippen LogP contribution in [0, 0.1) is 10.1 Å². The number of nitro groups is 1. The zero-order valence-electron chi connectivity index (χ0n) is 13.4. The molecule has 9 heteroatoms. The standard InChI is InChI=1S/C16H18F3NO5/c1-2-24-15(21)9-8-14(25-11-16(17,18)19)13(10-20(22)23)12-6-4-3-5-7-12/h3-9,13-14H,2,10-11H2,1H3/b9-8+/t13-,14+/m1/s1. The first-order chi connectivity index (χ1) is 11.7. The van der Waals surface area contributed by atoms with Crippen LogP contribution in [0.2, 0.25) is 0 Å². The zero-order valence-corrected chi connectivity index (χ0v) is 13.4. The molecule has 0 saturated carbocycles. The first-order valence-corrected chi connectivity index (χ1v) is 7.43. The highest BCUT2D eigenvalue weighted by Crippen LogP contribution is 2.26. The van der Waals surface area contributed by atoms with Gasteiger partial charge in [-0.3, -0.25) is 10.1 Å². The topological polar surface area (TPSA) is 78.7 Å². The van der Waals surface area contributed by atoms with Crippen molar-refractivity contribution in [1.82, 2.24) is 0 Å². The number of rotatable bonds is 9. The Hall–Kier alpha value is -2.42. The maximum absolute atomic E-state index is 12.5. The molecule has 25 heavy (non-hydrogen) atoms. The minimum atomic E-state index is -4.61. The largest absolute Gasteiger partial charge is 0.463 e. The second-order valence-corrected chi connectivity index (χ2v) is 5.03. The molecule has 138 valence electrons. The predicted octanol–water partition coefficient (Wildman–Crippen LogP) is 3.11. The Kier molecular flexibility index (Phi) is 8.06. The number of halogens is 3. The molecule has 1 aromatic rings. The van der Waals surface area contributed by atoms with Crippen LogP contribution in [0.4, 0.5) is 13.2 Å². The molecule has 0 aliphatic rings. The molecule has 0 spiro atoms. The Morgan fingerprint density at radius 3 is 2.48 bits per heavy atom. The Labute approximate surface area is 142 Å². The zero-order chi connectivity index (χ0) is 18.9. The van der Waals surface area contributed by atoms with Crippen molar-refractivity contribution in [2.75, 3.05) is 19.8 Å². The van der Waals surface area contributed by atoms with E-state index < -0.39 is 42.2 Å². The van der Waals surface area contributed by atoms with E-state index >= 15 is 0 Å². The molecule has 0 aliphatic carbocycles. The molecule has 0 aliphatic heterocycles. The van der Waals surface area contributed by atoms with E-state index in [-0.39, 0.29) is 6.61 Å². The lowest BCUT2D eigenvalue weighted by Gasteiger charge is -2.23. The average Bonchev–Trinajstić information content (AvgIpc) is 2.53. The van der Waals surface area contributed by atoms with E-state index in [0.717, 1.165) is 12.2 Å². The van der Waals surface area contributed by atoms with E-state index in [1.165, 1.54) is 0 Å². The summed E-state index contributed by atoms with van der Waals surface area (Å²) in [6, 6.07) is 8.00. The molecule has 0 fully saturated rings. The second kappa shape index (κ2) is 9.77. The van der Waals surface area contributed by atoms with Crippen molar-refractivity contribution in [2.24, 2.45) is 0 Å². The molecule has 6 nitrogen and oxygen atoms in total. The Morgan fingerprint density at radius 2 is 1.96 bits per heavy atom. The highest BCUT2D eigenvalue weighted by molar-refractivity contribution is 5.82. The van der Waals surface area contributed by atoms with Crippen molar-refractivity contribution in [3.05, 3.63) is 58.2 Å². The van der Waals surface area contributed by atoms with Gasteiger partial charge in [0.2, 0.25) is 6.54 Å². The molecular weight excluding hydrogens is 343 g/mol. The molecule has 0 aromatic heterocycles. The van der Waals surface area contributed by atoms with Crippen LogP contribution in [0.1, 0.15) is 18.4 Å². The highest BCUT2D eigenvalue weighted by Gasteiger charge is 2.33. The fourth-order valence-electron chi connectivity index (χ4n) is 2.12. The maximum Gasteiger partial charge on any atom is 0.411 e. The van der Waals surface area contributed by atoms with Crippen molar-refractivity contribution in [3.63, 3.8) is 0 Å².